The zero-order chi connectivity index (χ0) is 16.7. The third kappa shape index (κ3) is 2.68. The summed E-state index contributed by atoms with van der Waals surface area (Å²) in [6.07, 6.45) is 2.42. The standard InChI is InChI=1S/C20H12Cl2O2/c21-14-5-7-18(22)17(11-14)19-8-6-15(24-19)10-13-9-12-3-1-2-4-16(12)20(13)23/h1-8,10-11H,9H2. The van der Waals surface area contributed by atoms with E-state index >= 15 is 0 Å². The predicted molar refractivity (Wildman–Crippen MR) is 96.6 cm³/mol. The molecule has 3 aromatic rings. The molecule has 0 bridgehead atoms. The Bertz CT molecular complexity index is 983. The Morgan fingerprint density at radius 2 is 1.79 bits per heavy atom. The molecule has 0 amide bonds. The Balaban J connectivity index is 1.67. The van der Waals surface area contributed by atoms with E-state index in [1.165, 1.54) is 0 Å². The van der Waals surface area contributed by atoms with Crippen molar-refractivity contribution in [1.29, 1.82) is 0 Å². The van der Waals surface area contributed by atoms with Crippen molar-refractivity contribution in [3.05, 3.63) is 87.1 Å². The summed E-state index contributed by atoms with van der Waals surface area (Å²) < 4.78 is 5.84. The molecule has 0 saturated carbocycles. The maximum absolute atomic E-state index is 12.4. The molecular weight excluding hydrogens is 343 g/mol. The van der Waals surface area contributed by atoms with Crippen LogP contribution in [0.25, 0.3) is 17.4 Å². The summed E-state index contributed by atoms with van der Waals surface area (Å²) in [5.41, 5.74) is 3.29. The number of carbonyl (C=O) groups is 1. The van der Waals surface area contributed by atoms with E-state index in [-0.39, 0.29) is 5.78 Å². The third-order valence-electron chi connectivity index (χ3n) is 4.07. The maximum Gasteiger partial charge on any atom is 0.189 e. The third-order valence-corrected chi connectivity index (χ3v) is 4.64. The zero-order valence-electron chi connectivity index (χ0n) is 12.6. The Kier molecular flexibility index (Phi) is 3.79. The van der Waals surface area contributed by atoms with Gasteiger partial charge >= 0.3 is 0 Å². The first-order valence-electron chi connectivity index (χ1n) is 7.50. The highest BCUT2D eigenvalue weighted by atomic mass is 35.5. The van der Waals surface area contributed by atoms with Crippen molar-refractivity contribution in [3.8, 4) is 11.3 Å². The van der Waals surface area contributed by atoms with Gasteiger partial charge in [-0.15, -0.1) is 0 Å². The molecular formula is C20H12Cl2O2. The normalized spacial score (nSPS) is 15.1. The van der Waals surface area contributed by atoms with E-state index in [0.717, 1.165) is 22.3 Å². The highest BCUT2D eigenvalue weighted by Gasteiger charge is 2.24. The van der Waals surface area contributed by atoms with Gasteiger partial charge in [-0.2, -0.15) is 0 Å². The average molecular weight is 355 g/mol. The van der Waals surface area contributed by atoms with Crippen LogP contribution in [0.1, 0.15) is 21.7 Å². The largest absolute Gasteiger partial charge is 0.457 e. The smallest absolute Gasteiger partial charge is 0.189 e. The van der Waals surface area contributed by atoms with E-state index in [1.807, 2.05) is 36.4 Å². The van der Waals surface area contributed by atoms with Crippen LogP contribution in [0.4, 0.5) is 0 Å². The lowest BCUT2D eigenvalue weighted by atomic mass is 10.1. The minimum Gasteiger partial charge on any atom is -0.457 e. The van der Waals surface area contributed by atoms with Gasteiger partial charge in [0.2, 0.25) is 0 Å². The second-order valence-electron chi connectivity index (χ2n) is 5.66. The van der Waals surface area contributed by atoms with Crippen LogP contribution < -0.4 is 0 Å². The lowest BCUT2D eigenvalue weighted by Crippen LogP contribution is -1.94. The number of halogens is 2. The number of Topliss-reactive ketones (excluding diaryl/α,β-unsaturated/α-hetero) is 1. The molecule has 0 unspecified atom stereocenters. The summed E-state index contributed by atoms with van der Waals surface area (Å²) in [4.78, 5) is 12.4. The highest BCUT2D eigenvalue weighted by molar-refractivity contribution is 6.35. The lowest BCUT2D eigenvalue weighted by Gasteiger charge is -2.01. The second kappa shape index (κ2) is 5.97. The molecule has 0 N–H and O–H groups in total. The number of benzene rings is 2. The van der Waals surface area contributed by atoms with E-state index in [2.05, 4.69) is 0 Å². The number of furan rings is 1. The summed E-state index contributed by atoms with van der Waals surface area (Å²) in [5, 5.41) is 1.16. The molecule has 1 aromatic heterocycles. The van der Waals surface area contributed by atoms with Crippen LogP contribution >= 0.6 is 23.2 Å². The van der Waals surface area contributed by atoms with Gasteiger partial charge in [-0.3, -0.25) is 4.79 Å². The van der Waals surface area contributed by atoms with Crippen LogP contribution in [0.3, 0.4) is 0 Å². The van der Waals surface area contributed by atoms with Crippen LogP contribution in [0, 0.1) is 0 Å². The van der Waals surface area contributed by atoms with E-state index in [0.29, 0.717) is 28.0 Å². The minimum atomic E-state index is 0.0596. The average Bonchev–Trinajstić information content (AvgIpc) is 3.16. The molecule has 0 saturated heterocycles. The van der Waals surface area contributed by atoms with Crippen LogP contribution in [0.5, 0.6) is 0 Å². The van der Waals surface area contributed by atoms with Gasteiger partial charge in [0.05, 0.1) is 5.02 Å². The van der Waals surface area contributed by atoms with Crippen molar-refractivity contribution < 1.29 is 9.21 Å². The molecule has 0 atom stereocenters. The lowest BCUT2D eigenvalue weighted by molar-refractivity contribution is 0.104. The van der Waals surface area contributed by atoms with Gasteiger partial charge in [0.25, 0.3) is 0 Å². The number of hydrogen-bond acceptors (Lipinski definition) is 2. The van der Waals surface area contributed by atoms with Crippen molar-refractivity contribution in [2.24, 2.45) is 0 Å². The van der Waals surface area contributed by atoms with E-state index < -0.39 is 0 Å². The Hall–Kier alpha value is -2.29. The summed E-state index contributed by atoms with van der Waals surface area (Å²) >= 11 is 12.2. The fourth-order valence-corrected chi connectivity index (χ4v) is 3.29. The van der Waals surface area contributed by atoms with Gasteiger partial charge in [0, 0.05) is 28.1 Å². The number of ketones is 1. The molecule has 24 heavy (non-hydrogen) atoms. The fraction of sp³-hybridized carbons (Fsp3) is 0.0500. The first-order valence-corrected chi connectivity index (χ1v) is 8.26. The molecule has 118 valence electrons. The molecule has 1 aliphatic rings. The van der Waals surface area contributed by atoms with Crippen molar-refractivity contribution in [1.82, 2.24) is 0 Å². The molecule has 4 rings (SSSR count). The molecule has 0 aliphatic heterocycles. The molecule has 4 heteroatoms. The number of rotatable bonds is 2. The first-order chi connectivity index (χ1) is 11.6. The summed E-state index contributed by atoms with van der Waals surface area (Å²) in [6.45, 7) is 0. The molecule has 2 aromatic carbocycles. The van der Waals surface area contributed by atoms with Gasteiger partial charge < -0.3 is 4.42 Å². The van der Waals surface area contributed by atoms with Gasteiger partial charge in [0.15, 0.2) is 5.78 Å². The van der Waals surface area contributed by atoms with Crippen LogP contribution in [0.15, 0.2) is 64.6 Å². The number of allylic oxidation sites excluding steroid dienone is 1. The van der Waals surface area contributed by atoms with Crippen LogP contribution in [-0.4, -0.2) is 5.78 Å². The van der Waals surface area contributed by atoms with Crippen molar-refractivity contribution in [2.45, 2.75) is 6.42 Å². The van der Waals surface area contributed by atoms with Crippen LogP contribution in [-0.2, 0) is 6.42 Å². The first kappa shape index (κ1) is 15.3. The van der Waals surface area contributed by atoms with E-state index in [9.17, 15) is 4.79 Å². The monoisotopic (exact) mass is 354 g/mol. The van der Waals surface area contributed by atoms with Crippen molar-refractivity contribution >= 4 is 35.1 Å². The topological polar surface area (TPSA) is 30.2 Å². The van der Waals surface area contributed by atoms with Crippen molar-refractivity contribution in [3.63, 3.8) is 0 Å². The minimum absolute atomic E-state index is 0.0596. The Morgan fingerprint density at radius 1 is 0.958 bits per heavy atom. The molecule has 1 heterocycles. The summed E-state index contributed by atoms with van der Waals surface area (Å²) in [6, 6.07) is 16.5. The molecule has 1 aliphatic carbocycles. The van der Waals surface area contributed by atoms with Gasteiger partial charge in [0.1, 0.15) is 11.5 Å². The molecule has 0 fully saturated rings. The number of carbonyl (C=O) groups excluding carboxylic acids is 1. The zero-order valence-corrected chi connectivity index (χ0v) is 14.1. The SMILES string of the molecule is O=C1C(=Cc2ccc(-c3cc(Cl)ccc3Cl)o2)Cc2ccccc21. The van der Waals surface area contributed by atoms with Gasteiger partial charge in [-0.25, -0.2) is 0 Å². The van der Waals surface area contributed by atoms with Crippen LogP contribution in [0.2, 0.25) is 10.0 Å². The fourth-order valence-electron chi connectivity index (χ4n) is 2.90. The maximum atomic E-state index is 12.4. The quantitative estimate of drug-likeness (QED) is 0.522. The number of fused-ring (bicyclic) bond motifs is 1. The Morgan fingerprint density at radius 3 is 2.62 bits per heavy atom. The van der Waals surface area contributed by atoms with Gasteiger partial charge in [-0.1, -0.05) is 47.5 Å². The van der Waals surface area contributed by atoms with E-state index in [4.69, 9.17) is 27.6 Å². The van der Waals surface area contributed by atoms with E-state index in [1.54, 1.807) is 24.3 Å². The predicted octanol–water partition coefficient (Wildman–Crippen LogP) is 6.08. The summed E-state index contributed by atoms with van der Waals surface area (Å²) in [7, 11) is 0. The molecule has 2 nitrogen and oxygen atoms in total. The molecule has 0 radical (unpaired) electrons. The number of hydrogen-bond donors (Lipinski definition) is 0. The second-order valence-corrected chi connectivity index (χ2v) is 6.50. The molecule has 0 spiro atoms. The van der Waals surface area contributed by atoms with Crippen molar-refractivity contribution in [2.75, 3.05) is 0 Å². The van der Waals surface area contributed by atoms with Gasteiger partial charge in [-0.05, 0) is 42.0 Å². The summed E-state index contributed by atoms with van der Waals surface area (Å²) in [5.74, 6) is 1.30. The Labute approximate surface area is 149 Å². The highest BCUT2D eigenvalue weighted by Crippen LogP contribution is 2.33.